The fraction of sp³-hybridized carbons (Fsp3) is 0.533. The van der Waals surface area contributed by atoms with Crippen LogP contribution in [0.1, 0.15) is 19.4 Å². The number of sulfone groups is 1. The van der Waals surface area contributed by atoms with Crippen LogP contribution in [0.4, 0.5) is 0 Å². The molecule has 1 amide bonds. The Kier molecular flexibility index (Phi) is 7.25. The van der Waals surface area contributed by atoms with E-state index in [1.807, 2.05) is 32.9 Å². The summed E-state index contributed by atoms with van der Waals surface area (Å²) >= 11 is 1.54. The number of rotatable bonds is 8. The minimum atomic E-state index is -3.20. The summed E-state index contributed by atoms with van der Waals surface area (Å²) in [6.45, 7) is 6.19. The first-order chi connectivity index (χ1) is 9.83. The van der Waals surface area contributed by atoms with Gasteiger partial charge in [0.25, 0.3) is 0 Å². The fourth-order valence-electron chi connectivity index (χ4n) is 1.58. The van der Waals surface area contributed by atoms with Gasteiger partial charge in [0.05, 0.1) is 10.6 Å². The maximum Gasteiger partial charge on any atom is 0.222 e. The maximum absolute atomic E-state index is 12.1. The standard InChI is InChI=1S/C15H23NO3S2/c1-12(2)15(17)16-8-9-20-10-11-21(18,19)14-6-4-13(3)5-7-14/h4-7,12H,8-11H2,1-3H3,(H,16,17). The highest BCUT2D eigenvalue weighted by molar-refractivity contribution is 8.00. The van der Waals surface area contributed by atoms with Crippen LogP contribution >= 0.6 is 11.8 Å². The van der Waals surface area contributed by atoms with Crippen molar-refractivity contribution < 1.29 is 13.2 Å². The highest BCUT2D eigenvalue weighted by Gasteiger charge is 2.13. The van der Waals surface area contributed by atoms with Crippen LogP contribution in [0.3, 0.4) is 0 Å². The Labute approximate surface area is 131 Å². The van der Waals surface area contributed by atoms with Crippen molar-refractivity contribution in [1.82, 2.24) is 5.32 Å². The van der Waals surface area contributed by atoms with Crippen LogP contribution in [0.15, 0.2) is 29.2 Å². The van der Waals surface area contributed by atoms with Gasteiger partial charge in [-0.3, -0.25) is 4.79 Å². The molecule has 0 aliphatic heterocycles. The predicted octanol–water partition coefficient (Wildman–Crippen LogP) is 2.27. The number of carbonyl (C=O) groups is 1. The highest BCUT2D eigenvalue weighted by Crippen LogP contribution is 2.13. The molecule has 0 heterocycles. The Balaban J connectivity index is 2.29. The first-order valence-corrected chi connectivity index (χ1v) is 9.78. The second-order valence-corrected chi connectivity index (χ2v) is 8.52. The van der Waals surface area contributed by atoms with Crippen molar-refractivity contribution in [3.63, 3.8) is 0 Å². The molecule has 1 rings (SSSR count). The molecular formula is C15H23NO3S2. The Bertz CT molecular complexity index is 551. The van der Waals surface area contributed by atoms with Crippen LogP contribution in [-0.2, 0) is 14.6 Å². The van der Waals surface area contributed by atoms with Crippen LogP contribution < -0.4 is 5.32 Å². The van der Waals surface area contributed by atoms with E-state index in [2.05, 4.69) is 5.32 Å². The summed E-state index contributed by atoms with van der Waals surface area (Å²) in [6, 6.07) is 6.92. The van der Waals surface area contributed by atoms with Gasteiger partial charge in [-0.2, -0.15) is 11.8 Å². The molecule has 0 aromatic heterocycles. The van der Waals surface area contributed by atoms with Gasteiger partial charge in [-0.25, -0.2) is 8.42 Å². The number of thioether (sulfide) groups is 1. The van der Waals surface area contributed by atoms with Crippen molar-refractivity contribution in [2.75, 3.05) is 23.8 Å². The smallest absolute Gasteiger partial charge is 0.222 e. The third-order valence-electron chi connectivity index (χ3n) is 2.95. The number of hydrogen-bond acceptors (Lipinski definition) is 4. The lowest BCUT2D eigenvalue weighted by molar-refractivity contribution is -0.123. The van der Waals surface area contributed by atoms with Crippen molar-refractivity contribution in [3.05, 3.63) is 29.8 Å². The van der Waals surface area contributed by atoms with Gasteiger partial charge < -0.3 is 5.32 Å². The van der Waals surface area contributed by atoms with E-state index < -0.39 is 9.84 Å². The molecule has 6 heteroatoms. The van der Waals surface area contributed by atoms with Crippen LogP contribution in [-0.4, -0.2) is 38.1 Å². The number of nitrogens with one attached hydrogen (secondary N) is 1. The van der Waals surface area contributed by atoms with Gasteiger partial charge in [0, 0.05) is 24.0 Å². The number of aryl methyl sites for hydroxylation is 1. The molecule has 0 saturated heterocycles. The molecule has 0 fully saturated rings. The molecule has 118 valence electrons. The summed E-state index contributed by atoms with van der Waals surface area (Å²) in [5.41, 5.74) is 1.05. The molecule has 0 spiro atoms. The third kappa shape index (κ3) is 6.52. The zero-order valence-corrected chi connectivity index (χ0v) is 14.4. The molecule has 4 nitrogen and oxygen atoms in total. The van der Waals surface area contributed by atoms with E-state index in [4.69, 9.17) is 0 Å². The predicted molar refractivity (Wildman–Crippen MR) is 88.4 cm³/mol. The molecule has 0 radical (unpaired) electrons. The van der Waals surface area contributed by atoms with E-state index >= 15 is 0 Å². The molecule has 1 aromatic carbocycles. The van der Waals surface area contributed by atoms with Gasteiger partial charge in [0.2, 0.25) is 5.91 Å². The van der Waals surface area contributed by atoms with E-state index in [-0.39, 0.29) is 17.6 Å². The molecule has 0 saturated carbocycles. The SMILES string of the molecule is Cc1ccc(S(=O)(=O)CCSCCNC(=O)C(C)C)cc1. The summed E-state index contributed by atoms with van der Waals surface area (Å²) in [5, 5.41) is 2.81. The quantitative estimate of drug-likeness (QED) is 0.743. The number of carbonyl (C=O) groups excluding carboxylic acids is 1. The summed E-state index contributed by atoms with van der Waals surface area (Å²) in [7, 11) is -3.20. The minimum Gasteiger partial charge on any atom is -0.355 e. The van der Waals surface area contributed by atoms with Gasteiger partial charge in [-0.15, -0.1) is 0 Å². The van der Waals surface area contributed by atoms with E-state index in [1.54, 1.807) is 12.1 Å². The summed E-state index contributed by atoms with van der Waals surface area (Å²) in [4.78, 5) is 11.7. The largest absolute Gasteiger partial charge is 0.355 e. The number of hydrogen-bond donors (Lipinski definition) is 1. The van der Waals surface area contributed by atoms with Gasteiger partial charge >= 0.3 is 0 Å². The molecule has 0 aliphatic rings. The summed E-state index contributed by atoms with van der Waals surface area (Å²) in [5.74, 6) is 1.40. The Morgan fingerprint density at radius 1 is 1.19 bits per heavy atom. The van der Waals surface area contributed by atoms with Gasteiger partial charge in [-0.1, -0.05) is 31.5 Å². The second kappa shape index (κ2) is 8.44. The monoisotopic (exact) mass is 329 g/mol. The maximum atomic E-state index is 12.1. The highest BCUT2D eigenvalue weighted by atomic mass is 32.2. The molecule has 0 aliphatic carbocycles. The second-order valence-electron chi connectivity index (χ2n) is 5.19. The molecule has 1 aromatic rings. The first kappa shape index (κ1) is 18.0. The molecule has 0 bridgehead atoms. The van der Waals surface area contributed by atoms with Gasteiger partial charge in [0.1, 0.15) is 0 Å². The summed E-state index contributed by atoms with van der Waals surface area (Å²) < 4.78 is 24.2. The topological polar surface area (TPSA) is 63.2 Å². The normalized spacial score (nSPS) is 11.6. The van der Waals surface area contributed by atoms with Crippen molar-refractivity contribution in [3.8, 4) is 0 Å². The van der Waals surface area contributed by atoms with Crippen LogP contribution in [0, 0.1) is 12.8 Å². The van der Waals surface area contributed by atoms with E-state index in [0.29, 0.717) is 17.2 Å². The molecule has 0 atom stereocenters. The molecule has 1 N–H and O–H groups in total. The minimum absolute atomic E-state index is 0.0167. The van der Waals surface area contributed by atoms with Crippen molar-refractivity contribution in [2.45, 2.75) is 25.7 Å². The van der Waals surface area contributed by atoms with E-state index in [1.165, 1.54) is 11.8 Å². The molecular weight excluding hydrogens is 306 g/mol. The lowest BCUT2D eigenvalue weighted by Gasteiger charge is -2.08. The van der Waals surface area contributed by atoms with Crippen LogP contribution in [0.5, 0.6) is 0 Å². The lowest BCUT2D eigenvalue weighted by Crippen LogP contribution is -2.29. The van der Waals surface area contributed by atoms with Crippen molar-refractivity contribution in [1.29, 1.82) is 0 Å². The Morgan fingerprint density at radius 3 is 2.38 bits per heavy atom. The van der Waals surface area contributed by atoms with Crippen LogP contribution in [0.25, 0.3) is 0 Å². The van der Waals surface area contributed by atoms with Crippen LogP contribution in [0.2, 0.25) is 0 Å². The lowest BCUT2D eigenvalue weighted by atomic mass is 10.2. The third-order valence-corrected chi connectivity index (χ3v) is 5.92. The first-order valence-electron chi connectivity index (χ1n) is 6.98. The van der Waals surface area contributed by atoms with Crippen molar-refractivity contribution >= 4 is 27.5 Å². The Hall–Kier alpha value is -1.01. The van der Waals surface area contributed by atoms with E-state index in [9.17, 15) is 13.2 Å². The summed E-state index contributed by atoms with van der Waals surface area (Å²) in [6.07, 6.45) is 0. The number of benzene rings is 1. The average Bonchev–Trinajstić information content (AvgIpc) is 2.42. The molecule has 21 heavy (non-hydrogen) atoms. The zero-order valence-electron chi connectivity index (χ0n) is 12.8. The fourth-order valence-corrected chi connectivity index (χ4v) is 4.17. The van der Waals surface area contributed by atoms with E-state index in [0.717, 1.165) is 11.3 Å². The van der Waals surface area contributed by atoms with Crippen molar-refractivity contribution in [2.24, 2.45) is 5.92 Å². The molecule has 0 unspecified atom stereocenters. The number of amides is 1. The average molecular weight is 329 g/mol. The van der Waals surface area contributed by atoms with Gasteiger partial charge in [0.15, 0.2) is 9.84 Å². The Morgan fingerprint density at radius 2 is 1.81 bits per heavy atom. The van der Waals surface area contributed by atoms with Gasteiger partial charge in [-0.05, 0) is 19.1 Å². The zero-order chi connectivity index (χ0) is 15.9.